The van der Waals surface area contributed by atoms with Crippen molar-refractivity contribution in [3.63, 3.8) is 0 Å². The van der Waals surface area contributed by atoms with Gasteiger partial charge in [0.05, 0.1) is 11.0 Å². The predicted molar refractivity (Wildman–Crippen MR) is 158 cm³/mol. The summed E-state index contributed by atoms with van der Waals surface area (Å²) in [5.41, 5.74) is 13.3. The maximum atomic E-state index is 12.9. The molecule has 1 saturated heterocycles. The number of hydrogen-bond acceptors (Lipinski definition) is 6. The summed E-state index contributed by atoms with van der Waals surface area (Å²) in [4.78, 5) is 22.9. The second-order valence-corrected chi connectivity index (χ2v) is 10.1. The van der Waals surface area contributed by atoms with Crippen molar-refractivity contribution >= 4 is 29.0 Å². The van der Waals surface area contributed by atoms with Gasteiger partial charge in [0.1, 0.15) is 17.4 Å². The number of nitrogens with zero attached hydrogens (tertiary/aromatic N) is 3. The van der Waals surface area contributed by atoms with E-state index in [0.29, 0.717) is 17.9 Å². The van der Waals surface area contributed by atoms with Gasteiger partial charge in [-0.2, -0.15) is 0 Å². The number of piperazine rings is 1. The van der Waals surface area contributed by atoms with E-state index in [1.54, 1.807) is 12.1 Å². The molecule has 9 nitrogen and oxygen atoms in total. The minimum atomic E-state index is -0.510. The Hall–Kier alpha value is -4.47. The van der Waals surface area contributed by atoms with Crippen molar-refractivity contribution in [3.05, 3.63) is 101 Å². The number of fused-ring (bicyclic) bond motifs is 1. The summed E-state index contributed by atoms with van der Waals surface area (Å²) in [5, 5.41) is 9.62. The first-order valence-corrected chi connectivity index (χ1v) is 13.5. The number of carbonyl (C=O) groups is 1. The van der Waals surface area contributed by atoms with Crippen LogP contribution in [0.4, 0.5) is 4.79 Å². The minimum Gasteiger partial charge on any atom is -0.409 e. The predicted octanol–water partition coefficient (Wildman–Crippen LogP) is 4.49. The van der Waals surface area contributed by atoms with Crippen LogP contribution in [0.3, 0.4) is 0 Å². The molecule has 5 rings (SSSR count). The molecule has 0 spiro atoms. The van der Waals surface area contributed by atoms with Crippen molar-refractivity contribution in [2.45, 2.75) is 25.8 Å². The second-order valence-electron chi connectivity index (χ2n) is 10.1. The van der Waals surface area contributed by atoms with Crippen LogP contribution in [0.15, 0.2) is 78.9 Å². The Balaban J connectivity index is 1.23. The molecule has 1 aromatic heterocycles. The molecule has 3 aromatic carbocycles. The number of hydrogen-bond donors (Lipinski definition) is 4. The highest BCUT2D eigenvalue weighted by molar-refractivity contribution is 5.94. The highest BCUT2D eigenvalue weighted by atomic mass is 16.6. The number of ether oxygens (including phenoxy) is 1. The van der Waals surface area contributed by atoms with Crippen molar-refractivity contribution in [2.75, 3.05) is 26.2 Å². The number of hydrazine groups is 1. The number of aromatic nitrogens is 2. The van der Waals surface area contributed by atoms with E-state index >= 15 is 0 Å². The Labute approximate surface area is 234 Å². The Morgan fingerprint density at radius 2 is 1.95 bits per heavy atom. The van der Waals surface area contributed by atoms with Gasteiger partial charge in [-0.25, -0.2) is 14.8 Å². The van der Waals surface area contributed by atoms with E-state index in [2.05, 4.69) is 44.6 Å². The molecule has 1 amide bonds. The summed E-state index contributed by atoms with van der Waals surface area (Å²) in [6.07, 6.45) is 5.50. The van der Waals surface area contributed by atoms with Gasteiger partial charge in [0.15, 0.2) is 0 Å². The van der Waals surface area contributed by atoms with Gasteiger partial charge in [-0.3, -0.25) is 15.7 Å². The fraction of sp³-hybridized carbons (Fsp3) is 0.258. The van der Waals surface area contributed by atoms with Crippen LogP contribution in [0.25, 0.3) is 17.1 Å². The normalized spacial score (nSPS) is 16.4. The first-order chi connectivity index (χ1) is 19.4. The average molecular weight is 538 g/mol. The summed E-state index contributed by atoms with van der Waals surface area (Å²) in [5.74, 6) is 1.33. The number of amides is 1. The van der Waals surface area contributed by atoms with Gasteiger partial charge < -0.3 is 15.5 Å². The molecular weight excluding hydrogens is 502 g/mol. The van der Waals surface area contributed by atoms with Crippen LogP contribution in [0.2, 0.25) is 0 Å². The van der Waals surface area contributed by atoms with Crippen LogP contribution in [0.5, 0.6) is 5.75 Å². The molecule has 206 valence electrons. The van der Waals surface area contributed by atoms with Crippen molar-refractivity contribution in [3.8, 4) is 5.75 Å². The van der Waals surface area contributed by atoms with Crippen LogP contribution < -0.4 is 15.9 Å². The van der Waals surface area contributed by atoms with Crippen LogP contribution in [-0.2, 0) is 6.42 Å². The van der Waals surface area contributed by atoms with Gasteiger partial charge >= 0.3 is 6.09 Å². The fourth-order valence-corrected chi connectivity index (χ4v) is 4.99. The molecule has 1 aliphatic rings. The third-order valence-corrected chi connectivity index (χ3v) is 7.09. The van der Waals surface area contributed by atoms with E-state index in [0.717, 1.165) is 54.9 Å². The quantitative estimate of drug-likeness (QED) is 0.184. The third kappa shape index (κ3) is 7.13. The van der Waals surface area contributed by atoms with Gasteiger partial charge in [0, 0.05) is 43.9 Å². The highest BCUT2D eigenvalue weighted by Gasteiger charge is 2.28. The molecule has 1 atom stereocenters. The summed E-state index contributed by atoms with van der Waals surface area (Å²) in [6, 6.07) is 23.5. The van der Waals surface area contributed by atoms with E-state index in [1.807, 2.05) is 60.5 Å². The van der Waals surface area contributed by atoms with Gasteiger partial charge in [-0.15, -0.1) is 0 Å². The number of rotatable bonds is 9. The summed E-state index contributed by atoms with van der Waals surface area (Å²) in [6.45, 7) is 5.04. The molecule has 1 fully saturated rings. The number of aryl methyl sites for hydroxylation is 2. The summed E-state index contributed by atoms with van der Waals surface area (Å²) in [7, 11) is 0. The van der Waals surface area contributed by atoms with E-state index in [9.17, 15) is 4.79 Å². The number of H-pyrrole nitrogens is 1. The number of nitrogen functional groups attached to an aromatic ring is 1. The SMILES string of the molecule is Cc1nc2ccc(OC(=O)NN3CCN(CC=Cc4ccccc4)CC3CCc3ccc(C(=N)N)cc3)cc2[nH]1. The van der Waals surface area contributed by atoms with Crippen molar-refractivity contribution in [1.29, 1.82) is 5.41 Å². The minimum absolute atomic E-state index is 0.0636. The standard InChI is InChI=1S/C31H35N7O2/c1-22-34-28-16-15-27(20-29(28)35-22)40-31(39)36-38-19-18-37(17-5-8-23-6-3-2-4-7-23)21-26(38)14-11-24-9-12-25(13-10-24)30(32)33/h2-10,12-13,15-16,20,26H,11,14,17-19,21H2,1H3,(H3,32,33)(H,34,35)(H,36,39). The molecule has 4 aromatic rings. The number of carbonyl (C=O) groups excluding carboxylic acids is 1. The Morgan fingerprint density at radius 1 is 1.15 bits per heavy atom. The molecule has 2 heterocycles. The summed E-state index contributed by atoms with van der Waals surface area (Å²) >= 11 is 0. The Kier molecular flexibility index (Phi) is 8.53. The monoisotopic (exact) mass is 537 g/mol. The molecule has 5 N–H and O–H groups in total. The topological polar surface area (TPSA) is 123 Å². The zero-order chi connectivity index (χ0) is 27.9. The molecule has 9 heteroatoms. The molecule has 1 unspecified atom stereocenters. The molecule has 0 bridgehead atoms. The van der Waals surface area contributed by atoms with Crippen LogP contribution in [0.1, 0.15) is 28.9 Å². The van der Waals surface area contributed by atoms with Crippen molar-refractivity contribution < 1.29 is 9.53 Å². The Morgan fingerprint density at radius 3 is 2.73 bits per heavy atom. The first-order valence-electron chi connectivity index (χ1n) is 13.5. The number of nitrogens with two attached hydrogens (primary N) is 1. The van der Waals surface area contributed by atoms with Crippen LogP contribution in [-0.4, -0.2) is 64.0 Å². The van der Waals surface area contributed by atoms with Crippen LogP contribution >= 0.6 is 0 Å². The number of aromatic amines is 1. The van der Waals surface area contributed by atoms with Gasteiger partial charge in [-0.1, -0.05) is 66.7 Å². The Bertz CT molecular complexity index is 1480. The molecule has 0 saturated carbocycles. The largest absolute Gasteiger partial charge is 0.427 e. The van der Waals surface area contributed by atoms with Gasteiger partial charge in [-0.05, 0) is 43.0 Å². The van der Waals surface area contributed by atoms with Gasteiger partial charge in [0.2, 0.25) is 0 Å². The lowest BCUT2D eigenvalue weighted by atomic mass is 10.0. The van der Waals surface area contributed by atoms with E-state index in [1.165, 1.54) is 5.56 Å². The maximum Gasteiger partial charge on any atom is 0.427 e. The number of amidine groups is 1. The van der Waals surface area contributed by atoms with Crippen LogP contribution in [0, 0.1) is 12.3 Å². The highest BCUT2D eigenvalue weighted by Crippen LogP contribution is 2.20. The van der Waals surface area contributed by atoms with E-state index < -0.39 is 6.09 Å². The zero-order valence-corrected chi connectivity index (χ0v) is 22.6. The third-order valence-electron chi connectivity index (χ3n) is 7.09. The molecule has 40 heavy (non-hydrogen) atoms. The lowest BCUT2D eigenvalue weighted by Gasteiger charge is -2.40. The lowest BCUT2D eigenvalue weighted by Crippen LogP contribution is -2.59. The fourth-order valence-electron chi connectivity index (χ4n) is 4.99. The van der Waals surface area contributed by atoms with Crippen molar-refractivity contribution in [2.24, 2.45) is 5.73 Å². The van der Waals surface area contributed by atoms with Gasteiger partial charge in [0.25, 0.3) is 0 Å². The maximum absolute atomic E-state index is 12.9. The zero-order valence-electron chi connectivity index (χ0n) is 22.6. The number of imidazole rings is 1. The number of nitrogens with one attached hydrogen (secondary N) is 3. The second kappa shape index (κ2) is 12.6. The smallest absolute Gasteiger partial charge is 0.409 e. The summed E-state index contributed by atoms with van der Waals surface area (Å²) < 4.78 is 5.63. The first kappa shape index (κ1) is 27.1. The molecule has 0 radical (unpaired) electrons. The molecular formula is C31H35N7O2. The van der Waals surface area contributed by atoms with E-state index in [4.69, 9.17) is 15.9 Å². The number of benzene rings is 3. The molecule has 1 aliphatic heterocycles. The van der Waals surface area contributed by atoms with Crippen molar-refractivity contribution in [1.82, 2.24) is 25.3 Å². The lowest BCUT2D eigenvalue weighted by molar-refractivity contribution is 0.0375. The molecule has 0 aliphatic carbocycles. The average Bonchev–Trinajstić information content (AvgIpc) is 3.33. The van der Waals surface area contributed by atoms with E-state index in [-0.39, 0.29) is 11.9 Å².